The minimum absolute atomic E-state index is 0.0413. The van der Waals surface area contributed by atoms with E-state index < -0.39 is 91.3 Å². The van der Waals surface area contributed by atoms with Crippen molar-refractivity contribution in [3.05, 3.63) is 165 Å². The van der Waals surface area contributed by atoms with Gasteiger partial charge in [0.05, 0.1) is 71.2 Å². The van der Waals surface area contributed by atoms with Gasteiger partial charge in [0.2, 0.25) is 20.0 Å². The summed E-state index contributed by atoms with van der Waals surface area (Å²) in [4.78, 5) is 77.6. The van der Waals surface area contributed by atoms with Crippen molar-refractivity contribution in [1.29, 1.82) is 0 Å². The predicted molar refractivity (Wildman–Crippen MR) is 340 cm³/mol. The van der Waals surface area contributed by atoms with E-state index in [2.05, 4.69) is 15.5 Å². The molecule has 3 aliphatic rings. The minimum Gasteiger partial charge on any atom is -0.444 e. The molecule has 30 heteroatoms. The highest BCUT2D eigenvalue weighted by Gasteiger charge is 2.39. The number of ether oxygens (including phenoxy) is 7. The zero-order valence-electron chi connectivity index (χ0n) is 52.5. The quantitative estimate of drug-likeness (QED) is 0.0113. The molecule has 3 saturated heterocycles. The number of anilines is 1. The van der Waals surface area contributed by atoms with E-state index in [0.29, 0.717) is 70.1 Å². The van der Waals surface area contributed by atoms with Crippen molar-refractivity contribution in [2.24, 2.45) is 11.8 Å². The Hall–Kier alpha value is -8.52. The molecule has 504 valence electrons. The van der Waals surface area contributed by atoms with Crippen LogP contribution in [0.1, 0.15) is 51.7 Å². The van der Waals surface area contributed by atoms with E-state index in [9.17, 15) is 56.2 Å². The van der Waals surface area contributed by atoms with E-state index in [-0.39, 0.29) is 83.9 Å². The molecule has 93 heavy (non-hydrogen) atoms. The van der Waals surface area contributed by atoms with Crippen molar-refractivity contribution >= 4 is 61.5 Å². The summed E-state index contributed by atoms with van der Waals surface area (Å²) in [6.07, 6.45) is -5.28. The molecule has 5 aromatic carbocycles. The van der Waals surface area contributed by atoms with E-state index in [1.807, 2.05) is 51.2 Å². The van der Waals surface area contributed by atoms with Crippen LogP contribution in [0, 0.1) is 32.1 Å². The van der Waals surface area contributed by atoms with Gasteiger partial charge in [0.25, 0.3) is 11.4 Å². The average Bonchev–Trinajstić information content (AvgIpc) is 1.25. The fourth-order valence-corrected chi connectivity index (χ4v) is 13.4. The Bertz CT molecular complexity index is 3470. The van der Waals surface area contributed by atoms with Gasteiger partial charge in [0.1, 0.15) is 30.2 Å². The van der Waals surface area contributed by atoms with E-state index in [1.165, 1.54) is 40.7 Å². The molecule has 0 unspecified atom stereocenters. The first-order valence-electron chi connectivity index (χ1n) is 30.4. The Balaban J connectivity index is 0.000000265. The SMILES string of the molecule is CC(C)CN(C[C@@H](OC(=O)N1CCN(C)CC1)[C@H](Cc1ccccc1)NC(=O)O[C@H]1CCOC1)S(=O)(=O)c1ccc(N)cc1.CC(C)CN(C[C@@H](OC(=O)Oc1ccc([N+](=O)[O-])cc1)[C@H](Cc1ccccc1)NC(=O)O[C@H]1CCOC1)S(=O)(=O)c1ccc([N+](=O)[O-])cc1. The zero-order valence-corrected chi connectivity index (χ0v) is 54.1. The summed E-state index contributed by atoms with van der Waals surface area (Å²) < 4.78 is 97.2. The third-order valence-corrected chi connectivity index (χ3v) is 18.7. The number of hydrogen-bond donors (Lipinski definition) is 3. The van der Waals surface area contributed by atoms with Crippen LogP contribution < -0.4 is 21.1 Å². The maximum atomic E-state index is 14.0. The molecule has 3 aliphatic heterocycles. The van der Waals surface area contributed by atoms with E-state index in [1.54, 1.807) is 49.1 Å². The number of benzene rings is 5. The monoisotopic (exact) mass is 1330 g/mol. The lowest BCUT2D eigenvalue weighted by molar-refractivity contribution is -0.385. The molecule has 0 spiro atoms. The Kier molecular flexibility index (Phi) is 26.6. The number of sulfonamides is 2. The lowest BCUT2D eigenvalue weighted by Gasteiger charge is -2.36. The van der Waals surface area contributed by atoms with Gasteiger partial charge in [-0.05, 0) is 91.4 Å². The zero-order chi connectivity index (χ0) is 67.2. The highest BCUT2D eigenvalue weighted by Crippen LogP contribution is 2.27. The van der Waals surface area contributed by atoms with Gasteiger partial charge in [-0.3, -0.25) is 20.2 Å². The van der Waals surface area contributed by atoms with Crippen molar-refractivity contribution in [2.75, 3.05) is 91.6 Å². The molecule has 6 atom stereocenters. The van der Waals surface area contributed by atoms with Gasteiger partial charge < -0.3 is 59.3 Å². The van der Waals surface area contributed by atoms with Crippen LogP contribution in [-0.4, -0.2) is 192 Å². The molecule has 0 aromatic heterocycles. The Labute approximate surface area is 540 Å². The highest BCUT2D eigenvalue weighted by atomic mass is 32.2. The number of carbonyl (C=O) groups excluding carboxylic acids is 4. The number of alkyl carbamates (subject to hydrolysis) is 2. The van der Waals surface area contributed by atoms with Gasteiger partial charge in [-0.2, -0.15) is 8.61 Å². The molecule has 0 saturated carbocycles. The third kappa shape index (κ3) is 22.3. The fraction of sp³-hybridized carbons (Fsp3) is 0.460. The molecule has 8 rings (SSSR count). The second kappa shape index (κ2) is 34.4. The van der Waals surface area contributed by atoms with Crippen LogP contribution in [0.5, 0.6) is 5.75 Å². The number of rotatable bonds is 27. The molecular formula is C63H81N9O19S2. The Morgan fingerprint density at radius 3 is 1.40 bits per heavy atom. The van der Waals surface area contributed by atoms with Crippen molar-refractivity contribution < 1.29 is 79.0 Å². The predicted octanol–water partition coefficient (Wildman–Crippen LogP) is 7.65. The number of non-ortho nitro benzene ring substituents is 2. The van der Waals surface area contributed by atoms with Crippen molar-refractivity contribution in [3.63, 3.8) is 0 Å². The molecule has 0 bridgehead atoms. The number of piperazine rings is 1. The van der Waals surface area contributed by atoms with Crippen LogP contribution in [0.3, 0.4) is 0 Å². The fourth-order valence-electron chi connectivity index (χ4n) is 10.2. The Morgan fingerprint density at radius 2 is 1.00 bits per heavy atom. The van der Waals surface area contributed by atoms with E-state index in [4.69, 9.17) is 38.9 Å². The molecule has 28 nitrogen and oxygen atoms in total. The van der Waals surface area contributed by atoms with Crippen LogP contribution in [0.15, 0.2) is 143 Å². The normalized spacial score (nSPS) is 17.3. The van der Waals surface area contributed by atoms with Crippen LogP contribution in [0.4, 0.5) is 36.2 Å². The molecule has 3 amide bonds. The number of nitrogens with zero attached hydrogens (tertiary/aromatic N) is 6. The number of hydrogen-bond acceptors (Lipinski definition) is 21. The lowest BCUT2D eigenvalue weighted by atomic mass is 10.0. The smallest absolute Gasteiger partial charge is 0.444 e. The third-order valence-electron chi connectivity index (χ3n) is 15.0. The van der Waals surface area contributed by atoms with Crippen molar-refractivity contribution in [2.45, 2.75) is 99.7 Å². The van der Waals surface area contributed by atoms with Crippen LogP contribution in [-0.2, 0) is 61.3 Å². The summed E-state index contributed by atoms with van der Waals surface area (Å²) in [5.41, 5.74) is 7.31. The number of nitro groups is 2. The van der Waals surface area contributed by atoms with Gasteiger partial charge in [-0.1, -0.05) is 88.4 Å². The summed E-state index contributed by atoms with van der Waals surface area (Å²) in [6.45, 7) is 10.6. The Morgan fingerprint density at radius 1 is 0.591 bits per heavy atom. The van der Waals surface area contributed by atoms with Crippen LogP contribution in [0.25, 0.3) is 0 Å². The number of nitrogens with two attached hydrogens (primary N) is 1. The van der Waals surface area contributed by atoms with Crippen LogP contribution >= 0.6 is 0 Å². The number of likely N-dealkylation sites (N-methyl/N-ethyl adjacent to an activating group) is 1. The first-order chi connectivity index (χ1) is 44.3. The van der Waals surface area contributed by atoms with Crippen molar-refractivity contribution in [1.82, 2.24) is 29.0 Å². The van der Waals surface area contributed by atoms with Crippen molar-refractivity contribution in [3.8, 4) is 5.75 Å². The van der Waals surface area contributed by atoms with Gasteiger partial charge in [0.15, 0.2) is 0 Å². The van der Waals surface area contributed by atoms with Crippen LogP contribution in [0.2, 0.25) is 0 Å². The average molecular weight is 1330 g/mol. The number of amides is 3. The molecular weight excluding hydrogens is 1250 g/mol. The summed E-state index contributed by atoms with van der Waals surface area (Å²) >= 11 is 0. The first-order valence-corrected chi connectivity index (χ1v) is 33.3. The van der Waals surface area contributed by atoms with Gasteiger partial charge in [-0.15, -0.1) is 0 Å². The molecule has 5 aromatic rings. The molecule has 3 fully saturated rings. The topological polar surface area (TPSA) is 350 Å². The second-order valence-corrected chi connectivity index (χ2v) is 27.3. The standard InChI is InChI=1S/C32H36N4O12S.C31H45N5O7S/c1-22(2)19-34(49(43,44)28-14-10-25(11-15-28)36(41)42)20-30(48-32(38)47-26-12-8-24(9-13-26)35(39)40)29(18-23-6-4-3-5-7-23)33-31(37)46-27-16-17-45-21-27;1-23(2)20-36(44(39,40)27-11-9-25(32)10-12-27)21-29(43-31(38)35-16-14-34(3)15-17-35)28(19-24-7-5-4-6-8-24)33-30(37)42-26-13-18-41-22-26/h3-15,22,27,29-30H,16-21H2,1-2H3,(H,33,37);4-12,23,26,28-29H,13-22,32H2,1-3H3,(H,33,37)/t27-,29-,30+;26-,28-,29+/m00/s1. The maximum absolute atomic E-state index is 14.0. The minimum atomic E-state index is -4.34. The summed E-state index contributed by atoms with van der Waals surface area (Å²) in [5, 5.41) is 27.9. The molecule has 4 N–H and O–H groups in total. The van der Waals surface area contributed by atoms with E-state index >= 15 is 0 Å². The summed E-state index contributed by atoms with van der Waals surface area (Å²) in [5.74, 6) is -0.353. The first kappa shape index (κ1) is 71.9. The number of carbonyl (C=O) groups is 4. The molecule has 0 radical (unpaired) electrons. The molecule has 0 aliphatic carbocycles. The molecule has 3 heterocycles. The second-order valence-electron chi connectivity index (χ2n) is 23.4. The van der Waals surface area contributed by atoms with E-state index in [0.717, 1.165) is 46.3 Å². The number of nitrogens with one attached hydrogen (secondary N) is 2. The number of nitro benzene ring substituents is 2. The maximum Gasteiger partial charge on any atom is 0.514 e. The largest absolute Gasteiger partial charge is 0.514 e. The summed E-state index contributed by atoms with van der Waals surface area (Å²) in [7, 11) is -6.38. The summed E-state index contributed by atoms with van der Waals surface area (Å²) in [6, 6.07) is 31.4. The van der Waals surface area contributed by atoms with Gasteiger partial charge in [-0.25, -0.2) is 36.0 Å². The highest BCUT2D eigenvalue weighted by molar-refractivity contribution is 7.89. The van der Waals surface area contributed by atoms with Gasteiger partial charge >= 0.3 is 24.4 Å². The number of nitrogen functional groups attached to an aromatic ring is 1. The lowest BCUT2D eigenvalue weighted by Crippen LogP contribution is -2.55. The van der Waals surface area contributed by atoms with Gasteiger partial charge in [0, 0.05) is 82.1 Å².